The molecule has 1 aromatic heterocycles. The van der Waals surface area contributed by atoms with Gasteiger partial charge in [-0.1, -0.05) is 0 Å². The molecule has 6 nitrogen and oxygen atoms in total. The third kappa shape index (κ3) is 3.19. The molecule has 0 saturated carbocycles. The molecular weight excluding hydrogens is 254 g/mol. The highest BCUT2D eigenvalue weighted by molar-refractivity contribution is 7.13. The predicted molar refractivity (Wildman–Crippen MR) is 67.7 cm³/mol. The van der Waals surface area contributed by atoms with Gasteiger partial charge in [0.05, 0.1) is 6.61 Å². The van der Waals surface area contributed by atoms with Gasteiger partial charge in [0.1, 0.15) is 0 Å². The second kappa shape index (κ2) is 5.81. The number of esters is 1. The summed E-state index contributed by atoms with van der Waals surface area (Å²) in [5.74, 6) is -0.321. The fourth-order valence-corrected chi connectivity index (χ4v) is 2.43. The third-order valence-electron chi connectivity index (χ3n) is 2.58. The van der Waals surface area contributed by atoms with Crippen LogP contribution in [0, 0.1) is 0 Å². The van der Waals surface area contributed by atoms with Gasteiger partial charge in [-0.05, 0) is 13.3 Å². The van der Waals surface area contributed by atoms with Crippen LogP contribution in [0.25, 0.3) is 0 Å². The summed E-state index contributed by atoms with van der Waals surface area (Å²) in [5, 5.41) is 8.34. The number of carbonyl (C=O) groups is 2. The van der Waals surface area contributed by atoms with Crippen LogP contribution in [-0.2, 0) is 9.53 Å². The lowest BCUT2D eigenvalue weighted by molar-refractivity contribution is -0.122. The zero-order valence-electron chi connectivity index (χ0n) is 10.1. The van der Waals surface area contributed by atoms with E-state index in [1.54, 1.807) is 12.3 Å². The molecule has 1 saturated heterocycles. The SMILES string of the molecule is CCOC(=O)c1csc(NC2CCC(=O)NC2)n1. The molecule has 0 bridgehead atoms. The molecule has 2 N–H and O–H groups in total. The van der Waals surface area contributed by atoms with E-state index in [1.165, 1.54) is 11.3 Å². The Kier molecular flexibility index (Phi) is 4.14. The molecule has 1 amide bonds. The molecule has 1 aliphatic heterocycles. The van der Waals surface area contributed by atoms with Crippen molar-refractivity contribution in [2.75, 3.05) is 18.5 Å². The fourth-order valence-electron chi connectivity index (χ4n) is 1.67. The summed E-state index contributed by atoms with van der Waals surface area (Å²) in [6.45, 7) is 2.69. The van der Waals surface area contributed by atoms with Gasteiger partial charge in [-0.3, -0.25) is 4.79 Å². The number of thiazole rings is 1. The quantitative estimate of drug-likeness (QED) is 0.797. The summed E-state index contributed by atoms with van der Waals surface area (Å²) in [4.78, 5) is 26.6. The maximum atomic E-state index is 11.4. The highest BCUT2D eigenvalue weighted by Gasteiger charge is 2.19. The van der Waals surface area contributed by atoms with Crippen LogP contribution >= 0.6 is 11.3 Å². The molecule has 98 valence electrons. The van der Waals surface area contributed by atoms with Crippen LogP contribution in [0.1, 0.15) is 30.3 Å². The van der Waals surface area contributed by atoms with Gasteiger partial charge >= 0.3 is 5.97 Å². The Morgan fingerprint density at radius 3 is 3.22 bits per heavy atom. The minimum absolute atomic E-state index is 0.0828. The Hall–Kier alpha value is -1.63. The van der Waals surface area contributed by atoms with Crippen molar-refractivity contribution >= 4 is 28.3 Å². The number of hydrogen-bond acceptors (Lipinski definition) is 6. The van der Waals surface area contributed by atoms with Crippen LogP contribution in [0.4, 0.5) is 5.13 Å². The first-order chi connectivity index (χ1) is 8.69. The predicted octanol–water partition coefficient (Wildman–Crippen LogP) is 1.01. The number of aromatic nitrogens is 1. The first-order valence-corrected chi connectivity index (χ1v) is 6.73. The van der Waals surface area contributed by atoms with E-state index in [0.717, 1.165) is 6.42 Å². The summed E-state index contributed by atoms with van der Waals surface area (Å²) >= 11 is 1.36. The second-order valence-electron chi connectivity index (χ2n) is 3.94. The van der Waals surface area contributed by atoms with E-state index in [4.69, 9.17) is 4.74 Å². The summed E-state index contributed by atoms with van der Waals surface area (Å²) in [6.07, 6.45) is 1.30. The number of amides is 1. The van der Waals surface area contributed by atoms with Crippen LogP contribution < -0.4 is 10.6 Å². The van der Waals surface area contributed by atoms with Crippen LogP contribution in [-0.4, -0.2) is 36.1 Å². The Morgan fingerprint density at radius 2 is 2.56 bits per heavy atom. The first-order valence-electron chi connectivity index (χ1n) is 5.85. The van der Waals surface area contributed by atoms with E-state index < -0.39 is 5.97 Å². The van der Waals surface area contributed by atoms with E-state index in [9.17, 15) is 9.59 Å². The molecule has 0 aromatic carbocycles. The smallest absolute Gasteiger partial charge is 0.357 e. The van der Waals surface area contributed by atoms with E-state index in [2.05, 4.69) is 15.6 Å². The van der Waals surface area contributed by atoms with Crippen molar-refractivity contribution in [3.8, 4) is 0 Å². The number of hydrogen-bond donors (Lipinski definition) is 2. The highest BCUT2D eigenvalue weighted by Crippen LogP contribution is 2.18. The lowest BCUT2D eigenvalue weighted by atomic mass is 10.1. The standard InChI is InChI=1S/C11H15N3O3S/c1-2-17-10(16)8-6-18-11(14-8)13-7-3-4-9(15)12-5-7/h6-7H,2-5H2,1H3,(H,12,15)(H,13,14). The van der Waals surface area contributed by atoms with Crippen molar-refractivity contribution < 1.29 is 14.3 Å². The fraction of sp³-hybridized carbons (Fsp3) is 0.545. The molecule has 0 aliphatic carbocycles. The van der Waals surface area contributed by atoms with Gasteiger partial charge in [0.15, 0.2) is 10.8 Å². The summed E-state index contributed by atoms with van der Waals surface area (Å²) in [5.41, 5.74) is 0.323. The van der Waals surface area contributed by atoms with Gasteiger partial charge in [0, 0.05) is 24.4 Å². The molecule has 0 radical (unpaired) electrons. The number of rotatable bonds is 4. The lowest BCUT2D eigenvalue weighted by Crippen LogP contribution is -2.41. The zero-order valence-corrected chi connectivity index (χ0v) is 10.9. The minimum Gasteiger partial charge on any atom is -0.461 e. The van der Waals surface area contributed by atoms with Crippen molar-refractivity contribution in [1.82, 2.24) is 10.3 Å². The molecule has 7 heteroatoms. The van der Waals surface area contributed by atoms with Crippen molar-refractivity contribution in [2.24, 2.45) is 0 Å². The third-order valence-corrected chi connectivity index (χ3v) is 3.36. The average molecular weight is 269 g/mol. The van der Waals surface area contributed by atoms with Crippen molar-refractivity contribution in [1.29, 1.82) is 0 Å². The molecule has 2 heterocycles. The molecule has 1 atom stereocenters. The van der Waals surface area contributed by atoms with Crippen molar-refractivity contribution in [3.63, 3.8) is 0 Å². The zero-order chi connectivity index (χ0) is 13.0. The monoisotopic (exact) mass is 269 g/mol. The van der Waals surface area contributed by atoms with Crippen LogP contribution in [0.5, 0.6) is 0 Å². The van der Waals surface area contributed by atoms with Gasteiger partial charge in [0.25, 0.3) is 0 Å². The topological polar surface area (TPSA) is 80.3 Å². The van der Waals surface area contributed by atoms with Gasteiger partial charge < -0.3 is 15.4 Å². The summed E-state index contributed by atoms with van der Waals surface area (Å²) in [6, 6.07) is 0.170. The van der Waals surface area contributed by atoms with Crippen LogP contribution in [0.3, 0.4) is 0 Å². The normalized spacial score (nSPS) is 19.2. The van der Waals surface area contributed by atoms with Crippen LogP contribution in [0.2, 0.25) is 0 Å². The van der Waals surface area contributed by atoms with E-state index in [1.807, 2.05) is 0 Å². The molecule has 1 aliphatic rings. The van der Waals surface area contributed by atoms with E-state index in [0.29, 0.717) is 30.4 Å². The van der Waals surface area contributed by atoms with Gasteiger partial charge in [-0.2, -0.15) is 0 Å². The highest BCUT2D eigenvalue weighted by atomic mass is 32.1. The molecule has 0 spiro atoms. The molecule has 18 heavy (non-hydrogen) atoms. The molecule has 1 fully saturated rings. The minimum atomic E-state index is -0.404. The number of piperidine rings is 1. The average Bonchev–Trinajstić information content (AvgIpc) is 2.81. The van der Waals surface area contributed by atoms with E-state index in [-0.39, 0.29) is 11.9 Å². The van der Waals surface area contributed by atoms with Crippen molar-refractivity contribution in [2.45, 2.75) is 25.8 Å². The van der Waals surface area contributed by atoms with Crippen LogP contribution in [0.15, 0.2) is 5.38 Å². The lowest BCUT2D eigenvalue weighted by Gasteiger charge is -2.22. The summed E-state index contributed by atoms with van der Waals surface area (Å²) < 4.78 is 4.87. The largest absolute Gasteiger partial charge is 0.461 e. The maximum Gasteiger partial charge on any atom is 0.357 e. The summed E-state index contributed by atoms with van der Waals surface area (Å²) in [7, 11) is 0. The van der Waals surface area contributed by atoms with Crippen molar-refractivity contribution in [3.05, 3.63) is 11.1 Å². The first kappa shape index (κ1) is 12.8. The molecule has 2 rings (SSSR count). The number of nitrogens with zero attached hydrogens (tertiary/aromatic N) is 1. The molecule has 1 unspecified atom stereocenters. The number of anilines is 1. The number of nitrogens with one attached hydrogen (secondary N) is 2. The Bertz CT molecular complexity index is 436. The molecule has 1 aromatic rings. The van der Waals surface area contributed by atoms with Gasteiger partial charge in [0.2, 0.25) is 5.91 Å². The number of ether oxygens (including phenoxy) is 1. The number of carbonyl (C=O) groups excluding carboxylic acids is 2. The second-order valence-corrected chi connectivity index (χ2v) is 4.80. The Labute approximate surface area is 109 Å². The Morgan fingerprint density at radius 1 is 1.72 bits per heavy atom. The molecular formula is C11H15N3O3S. The van der Waals surface area contributed by atoms with E-state index >= 15 is 0 Å². The van der Waals surface area contributed by atoms with Gasteiger partial charge in [-0.15, -0.1) is 11.3 Å². The Balaban J connectivity index is 1.90. The van der Waals surface area contributed by atoms with Gasteiger partial charge in [-0.25, -0.2) is 9.78 Å². The maximum absolute atomic E-state index is 11.4.